The Hall–Kier alpha value is -4.01. The van der Waals surface area contributed by atoms with Gasteiger partial charge in [0.1, 0.15) is 0 Å². The van der Waals surface area contributed by atoms with Crippen molar-refractivity contribution in [3.05, 3.63) is 66.2 Å². The second-order valence-corrected chi connectivity index (χ2v) is 8.19. The number of H-pyrrole nitrogens is 1. The number of aryl methyl sites for hydroxylation is 1. The lowest BCUT2D eigenvalue weighted by Crippen LogP contribution is -2.17. The zero-order valence-corrected chi connectivity index (χ0v) is 19.1. The number of benzene rings is 3. The molecule has 0 unspecified atom stereocenters. The quantitative estimate of drug-likeness (QED) is 0.258. The summed E-state index contributed by atoms with van der Waals surface area (Å²) >= 11 is 0. The van der Waals surface area contributed by atoms with Crippen LogP contribution in [0.15, 0.2) is 60.7 Å². The zero-order valence-electron chi connectivity index (χ0n) is 19.1. The summed E-state index contributed by atoms with van der Waals surface area (Å²) in [5.41, 5.74) is 17.1. The maximum Gasteiger partial charge on any atom is 0.225 e. The monoisotopic (exact) mass is 457 g/mol. The standard InChI is InChI=1S/C26H28N6O2/c1-16-2-4-17(5-3-16)31-26-20-8-6-18(29-24(33)10-12-27)14-22(20)32-23-15-19(7-9-21(23)26)30-25(34)11-13-28/h2-9,14-15H,10-13,27-28H2,1H3,(H,29,33)(H,30,34)(H,31,32)/p+1. The van der Waals surface area contributed by atoms with Crippen LogP contribution in [0.1, 0.15) is 18.4 Å². The molecule has 0 fully saturated rings. The number of pyridine rings is 1. The van der Waals surface area contributed by atoms with Crippen LogP contribution in [0.2, 0.25) is 0 Å². The van der Waals surface area contributed by atoms with Gasteiger partial charge in [0.25, 0.3) is 0 Å². The van der Waals surface area contributed by atoms with Crippen LogP contribution in [0, 0.1) is 6.92 Å². The summed E-state index contributed by atoms with van der Waals surface area (Å²) < 4.78 is 0. The largest absolute Gasteiger partial charge is 0.354 e. The highest BCUT2D eigenvalue weighted by atomic mass is 16.2. The Morgan fingerprint density at radius 2 is 1.21 bits per heavy atom. The van der Waals surface area contributed by atoms with Gasteiger partial charge < -0.3 is 27.4 Å². The van der Waals surface area contributed by atoms with E-state index in [1.165, 1.54) is 5.56 Å². The molecule has 0 spiro atoms. The van der Waals surface area contributed by atoms with E-state index in [9.17, 15) is 9.59 Å². The minimum absolute atomic E-state index is 0.134. The van der Waals surface area contributed by atoms with Gasteiger partial charge >= 0.3 is 0 Å². The molecular formula is C26H29N6O2+. The van der Waals surface area contributed by atoms with Crippen LogP contribution in [0.25, 0.3) is 21.8 Å². The Labute approximate surface area is 197 Å². The van der Waals surface area contributed by atoms with E-state index in [1.54, 1.807) is 0 Å². The van der Waals surface area contributed by atoms with Crippen LogP contribution in [0.3, 0.4) is 0 Å². The van der Waals surface area contributed by atoms with E-state index in [-0.39, 0.29) is 24.7 Å². The van der Waals surface area contributed by atoms with E-state index < -0.39 is 0 Å². The third-order valence-electron chi connectivity index (χ3n) is 5.48. The Morgan fingerprint density at radius 1 is 0.735 bits per heavy atom. The molecule has 0 saturated heterocycles. The van der Waals surface area contributed by atoms with Crippen molar-refractivity contribution in [1.82, 2.24) is 0 Å². The number of hydrogen-bond acceptors (Lipinski definition) is 5. The predicted octanol–water partition coefficient (Wildman–Crippen LogP) is 3.43. The number of rotatable bonds is 8. The molecule has 0 aliphatic rings. The van der Waals surface area contributed by atoms with Gasteiger partial charge in [0.2, 0.25) is 22.8 Å². The van der Waals surface area contributed by atoms with Gasteiger partial charge in [-0.05, 0) is 43.3 Å². The van der Waals surface area contributed by atoms with Gasteiger partial charge in [-0.1, -0.05) is 17.7 Å². The van der Waals surface area contributed by atoms with Crippen molar-refractivity contribution in [3.63, 3.8) is 0 Å². The summed E-state index contributed by atoms with van der Waals surface area (Å²) in [5, 5.41) is 11.2. The summed E-state index contributed by atoms with van der Waals surface area (Å²) in [5.74, 6) is -0.268. The molecule has 8 nitrogen and oxygen atoms in total. The van der Waals surface area contributed by atoms with Crippen molar-refractivity contribution >= 4 is 56.4 Å². The summed E-state index contributed by atoms with van der Waals surface area (Å²) in [6, 6.07) is 19.6. The lowest BCUT2D eigenvalue weighted by atomic mass is 10.1. The molecule has 0 aliphatic carbocycles. The highest BCUT2D eigenvalue weighted by molar-refractivity contribution is 6.08. The number of amides is 2. The molecule has 1 aromatic heterocycles. The van der Waals surface area contributed by atoms with Crippen molar-refractivity contribution in [2.45, 2.75) is 19.8 Å². The van der Waals surface area contributed by atoms with Crippen LogP contribution in [-0.4, -0.2) is 24.9 Å². The van der Waals surface area contributed by atoms with Gasteiger partial charge in [-0.2, -0.15) is 0 Å². The molecular weight excluding hydrogens is 428 g/mol. The minimum Gasteiger partial charge on any atom is -0.354 e. The van der Waals surface area contributed by atoms with Crippen LogP contribution < -0.4 is 32.4 Å². The number of hydrogen-bond donors (Lipinski definition) is 5. The number of aromatic amines is 1. The number of fused-ring (bicyclic) bond motifs is 2. The molecule has 3 aromatic carbocycles. The molecule has 174 valence electrons. The number of carbonyl (C=O) groups is 2. The highest BCUT2D eigenvalue weighted by Crippen LogP contribution is 2.33. The first kappa shape index (κ1) is 23.2. The molecule has 8 N–H and O–H groups in total. The molecule has 0 aliphatic heterocycles. The lowest BCUT2D eigenvalue weighted by molar-refractivity contribution is -0.310. The molecule has 2 amide bonds. The number of nitrogens with one attached hydrogen (secondary N) is 4. The first-order valence-electron chi connectivity index (χ1n) is 11.2. The van der Waals surface area contributed by atoms with Crippen molar-refractivity contribution in [2.24, 2.45) is 11.5 Å². The minimum atomic E-state index is -0.134. The van der Waals surface area contributed by atoms with Crippen molar-refractivity contribution in [2.75, 3.05) is 29.0 Å². The summed E-state index contributed by atoms with van der Waals surface area (Å²) in [6.07, 6.45) is 0.511. The first-order chi connectivity index (χ1) is 16.5. The first-order valence-corrected chi connectivity index (χ1v) is 11.2. The molecule has 8 heteroatoms. The fourth-order valence-corrected chi connectivity index (χ4v) is 3.80. The topological polar surface area (TPSA) is 136 Å². The van der Waals surface area contributed by atoms with Crippen LogP contribution in [-0.2, 0) is 9.59 Å². The Kier molecular flexibility index (Phi) is 7.01. The lowest BCUT2D eigenvalue weighted by Gasteiger charge is -2.13. The normalized spacial score (nSPS) is 10.9. The van der Waals surface area contributed by atoms with Crippen LogP contribution in [0.4, 0.5) is 22.7 Å². The smallest absolute Gasteiger partial charge is 0.225 e. The molecule has 0 saturated carbocycles. The van der Waals surface area contributed by atoms with E-state index >= 15 is 0 Å². The Balaban J connectivity index is 1.81. The number of carbonyl (C=O) groups excluding carboxylic acids is 2. The van der Waals surface area contributed by atoms with Gasteiger partial charge in [-0.25, -0.2) is 4.98 Å². The zero-order chi connectivity index (χ0) is 24.1. The van der Waals surface area contributed by atoms with E-state index in [1.807, 2.05) is 55.5 Å². The van der Waals surface area contributed by atoms with E-state index in [0.717, 1.165) is 33.2 Å². The maximum absolute atomic E-state index is 12.0. The Bertz CT molecular complexity index is 1270. The average Bonchev–Trinajstić information content (AvgIpc) is 2.80. The van der Waals surface area contributed by atoms with E-state index in [4.69, 9.17) is 11.5 Å². The van der Waals surface area contributed by atoms with Gasteiger partial charge in [-0.3, -0.25) is 9.59 Å². The fraction of sp³-hybridized carbons (Fsp3) is 0.192. The molecule has 4 rings (SSSR count). The number of aromatic nitrogens is 1. The van der Waals surface area contributed by atoms with Gasteiger partial charge in [0, 0.05) is 55.1 Å². The second kappa shape index (κ2) is 10.3. The van der Waals surface area contributed by atoms with Crippen molar-refractivity contribution < 1.29 is 14.6 Å². The van der Waals surface area contributed by atoms with E-state index in [2.05, 4.69) is 33.1 Å². The molecule has 0 radical (unpaired) electrons. The summed E-state index contributed by atoms with van der Waals surface area (Å²) in [7, 11) is 0. The maximum atomic E-state index is 12.0. The van der Waals surface area contributed by atoms with Crippen LogP contribution in [0.5, 0.6) is 0 Å². The average molecular weight is 458 g/mol. The molecule has 0 bridgehead atoms. The third kappa shape index (κ3) is 5.31. The number of anilines is 4. The van der Waals surface area contributed by atoms with Gasteiger partial charge in [0.05, 0.1) is 16.5 Å². The Morgan fingerprint density at radius 3 is 1.68 bits per heavy atom. The second-order valence-electron chi connectivity index (χ2n) is 8.19. The molecule has 1 heterocycles. The number of nitrogens with two attached hydrogens (primary N) is 2. The molecule has 34 heavy (non-hydrogen) atoms. The molecule has 4 aromatic rings. The SMILES string of the molecule is Cc1ccc(Nc2c3ccc(NC(=O)CCN)cc3[nH+]c3cc(NC(=O)CCN)ccc23)cc1. The van der Waals surface area contributed by atoms with Crippen LogP contribution >= 0.6 is 0 Å². The van der Waals surface area contributed by atoms with Gasteiger partial charge in [-0.15, -0.1) is 0 Å². The third-order valence-corrected chi connectivity index (χ3v) is 5.48. The van der Waals surface area contributed by atoms with Gasteiger partial charge in [0.15, 0.2) is 0 Å². The van der Waals surface area contributed by atoms with Crippen molar-refractivity contribution in [1.29, 1.82) is 0 Å². The highest BCUT2D eigenvalue weighted by Gasteiger charge is 2.17. The summed E-state index contributed by atoms with van der Waals surface area (Å²) in [4.78, 5) is 27.5. The van der Waals surface area contributed by atoms with Crippen molar-refractivity contribution in [3.8, 4) is 0 Å². The molecule has 0 atom stereocenters. The predicted molar refractivity (Wildman–Crippen MR) is 137 cm³/mol. The summed E-state index contributed by atoms with van der Waals surface area (Å²) in [6.45, 7) is 2.63. The van der Waals surface area contributed by atoms with E-state index in [0.29, 0.717) is 24.5 Å². The fourth-order valence-electron chi connectivity index (χ4n) is 3.80.